The standard InChI is InChI=1S/C14H21N3O2/c1-10-8-19-9-11(2)17(10)14(18)12-6-5-7-15-13(12)16(3)4/h5-7,10-11H,8-9H2,1-4H3. The van der Waals surface area contributed by atoms with Crippen molar-refractivity contribution in [3.05, 3.63) is 23.9 Å². The first-order valence-corrected chi connectivity index (χ1v) is 6.55. The molecule has 2 rings (SSSR count). The summed E-state index contributed by atoms with van der Waals surface area (Å²) in [6.45, 7) is 5.21. The average molecular weight is 263 g/mol. The minimum Gasteiger partial charge on any atom is -0.377 e. The van der Waals surface area contributed by atoms with E-state index < -0.39 is 0 Å². The van der Waals surface area contributed by atoms with Crippen molar-refractivity contribution >= 4 is 11.7 Å². The summed E-state index contributed by atoms with van der Waals surface area (Å²) in [7, 11) is 3.79. The number of hydrogen-bond donors (Lipinski definition) is 0. The highest BCUT2D eigenvalue weighted by Gasteiger charge is 2.31. The third kappa shape index (κ3) is 2.71. The number of amides is 1. The maximum absolute atomic E-state index is 12.7. The van der Waals surface area contributed by atoms with Gasteiger partial charge in [-0.1, -0.05) is 0 Å². The van der Waals surface area contributed by atoms with Gasteiger partial charge in [-0.25, -0.2) is 4.98 Å². The van der Waals surface area contributed by atoms with Crippen LogP contribution in [0.2, 0.25) is 0 Å². The number of ether oxygens (including phenoxy) is 1. The first-order chi connectivity index (χ1) is 9.02. The molecule has 2 heterocycles. The molecule has 0 radical (unpaired) electrons. The zero-order valence-electron chi connectivity index (χ0n) is 12.0. The predicted molar refractivity (Wildman–Crippen MR) is 74.5 cm³/mol. The molecular formula is C14H21N3O2. The van der Waals surface area contributed by atoms with E-state index in [1.807, 2.05) is 43.8 Å². The zero-order valence-corrected chi connectivity index (χ0v) is 12.0. The van der Waals surface area contributed by atoms with E-state index in [9.17, 15) is 4.79 Å². The number of nitrogens with zero attached hydrogens (tertiary/aromatic N) is 3. The summed E-state index contributed by atoms with van der Waals surface area (Å²) in [5, 5.41) is 0. The molecular weight excluding hydrogens is 242 g/mol. The molecule has 0 bridgehead atoms. The number of hydrogen-bond acceptors (Lipinski definition) is 4. The van der Waals surface area contributed by atoms with Crippen LogP contribution in [0.25, 0.3) is 0 Å². The summed E-state index contributed by atoms with van der Waals surface area (Å²) in [4.78, 5) is 20.8. The van der Waals surface area contributed by atoms with Crippen molar-refractivity contribution < 1.29 is 9.53 Å². The maximum Gasteiger partial charge on any atom is 0.258 e. The van der Waals surface area contributed by atoms with Crippen molar-refractivity contribution in [3.8, 4) is 0 Å². The fraction of sp³-hybridized carbons (Fsp3) is 0.571. The van der Waals surface area contributed by atoms with Crippen LogP contribution in [0, 0.1) is 0 Å². The van der Waals surface area contributed by atoms with Gasteiger partial charge in [-0.15, -0.1) is 0 Å². The summed E-state index contributed by atoms with van der Waals surface area (Å²) < 4.78 is 5.47. The van der Waals surface area contributed by atoms with Gasteiger partial charge in [0, 0.05) is 20.3 Å². The lowest BCUT2D eigenvalue weighted by Gasteiger charge is -2.39. The molecule has 1 aromatic rings. The Morgan fingerprint density at radius 2 is 2.00 bits per heavy atom. The van der Waals surface area contributed by atoms with Gasteiger partial charge in [0.05, 0.1) is 30.9 Å². The molecule has 0 spiro atoms. The SMILES string of the molecule is CC1COCC(C)N1C(=O)c1cccnc1N(C)C. The fourth-order valence-electron chi connectivity index (χ4n) is 2.46. The van der Waals surface area contributed by atoms with Crippen LogP contribution in [0.15, 0.2) is 18.3 Å². The van der Waals surface area contributed by atoms with Gasteiger partial charge in [0.25, 0.3) is 5.91 Å². The topological polar surface area (TPSA) is 45.7 Å². The largest absolute Gasteiger partial charge is 0.377 e. The molecule has 0 N–H and O–H groups in total. The molecule has 0 aliphatic carbocycles. The van der Waals surface area contributed by atoms with E-state index in [4.69, 9.17) is 4.74 Å². The van der Waals surface area contributed by atoms with Crippen LogP contribution in [0.4, 0.5) is 5.82 Å². The molecule has 2 atom stereocenters. The number of carbonyl (C=O) groups is 1. The molecule has 1 fully saturated rings. The lowest BCUT2D eigenvalue weighted by molar-refractivity contribution is -0.0249. The van der Waals surface area contributed by atoms with Crippen molar-refractivity contribution in [2.45, 2.75) is 25.9 Å². The average Bonchev–Trinajstić information content (AvgIpc) is 2.38. The summed E-state index contributed by atoms with van der Waals surface area (Å²) in [5.74, 6) is 0.735. The second kappa shape index (κ2) is 5.57. The Balaban J connectivity index is 2.33. The van der Waals surface area contributed by atoms with Gasteiger partial charge < -0.3 is 14.5 Å². The summed E-state index contributed by atoms with van der Waals surface area (Å²) in [5.41, 5.74) is 0.646. The summed E-state index contributed by atoms with van der Waals surface area (Å²) >= 11 is 0. The van der Waals surface area contributed by atoms with Gasteiger partial charge in [0.2, 0.25) is 0 Å². The Morgan fingerprint density at radius 1 is 1.37 bits per heavy atom. The second-order valence-electron chi connectivity index (χ2n) is 5.22. The van der Waals surface area contributed by atoms with Crippen molar-refractivity contribution in [3.63, 3.8) is 0 Å². The third-order valence-electron chi connectivity index (χ3n) is 3.34. The molecule has 0 aromatic carbocycles. The van der Waals surface area contributed by atoms with Crippen LogP contribution in [-0.4, -0.2) is 55.2 Å². The van der Waals surface area contributed by atoms with E-state index in [-0.39, 0.29) is 18.0 Å². The fourth-order valence-corrected chi connectivity index (χ4v) is 2.46. The first kappa shape index (κ1) is 13.8. The Morgan fingerprint density at radius 3 is 2.58 bits per heavy atom. The quantitative estimate of drug-likeness (QED) is 0.809. The minimum atomic E-state index is 0.0279. The van der Waals surface area contributed by atoms with Crippen LogP contribution >= 0.6 is 0 Å². The molecule has 19 heavy (non-hydrogen) atoms. The normalized spacial score (nSPS) is 23.3. The van der Waals surface area contributed by atoms with Crippen molar-refractivity contribution in [2.75, 3.05) is 32.2 Å². The van der Waals surface area contributed by atoms with Gasteiger partial charge in [-0.3, -0.25) is 4.79 Å². The summed E-state index contributed by atoms with van der Waals surface area (Å²) in [6.07, 6.45) is 1.71. The molecule has 1 aliphatic heterocycles. The first-order valence-electron chi connectivity index (χ1n) is 6.55. The minimum absolute atomic E-state index is 0.0279. The molecule has 0 saturated carbocycles. The number of pyridine rings is 1. The van der Waals surface area contributed by atoms with E-state index in [2.05, 4.69) is 4.98 Å². The lowest BCUT2D eigenvalue weighted by Crippen LogP contribution is -2.52. The van der Waals surface area contributed by atoms with Gasteiger partial charge in [-0.05, 0) is 26.0 Å². The Bertz CT molecular complexity index is 452. The number of aromatic nitrogens is 1. The maximum atomic E-state index is 12.7. The van der Waals surface area contributed by atoms with Gasteiger partial charge in [-0.2, -0.15) is 0 Å². The highest BCUT2D eigenvalue weighted by Crippen LogP contribution is 2.22. The van der Waals surface area contributed by atoms with Crippen LogP contribution in [0.3, 0.4) is 0 Å². The molecule has 5 heteroatoms. The Hall–Kier alpha value is -1.62. The number of anilines is 1. The number of morpholine rings is 1. The van der Waals surface area contributed by atoms with E-state index in [1.54, 1.807) is 12.3 Å². The summed E-state index contributed by atoms with van der Waals surface area (Å²) in [6, 6.07) is 3.81. The Kier molecular flexibility index (Phi) is 4.04. The van der Waals surface area contributed by atoms with Crippen LogP contribution in [0.1, 0.15) is 24.2 Å². The van der Waals surface area contributed by atoms with Crippen LogP contribution in [0.5, 0.6) is 0 Å². The third-order valence-corrected chi connectivity index (χ3v) is 3.34. The second-order valence-corrected chi connectivity index (χ2v) is 5.22. The van der Waals surface area contributed by atoms with E-state index in [1.165, 1.54) is 0 Å². The van der Waals surface area contributed by atoms with Gasteiger partial charge in [0.15, 0.2) is 0 Å². The van der Waals surface area contributed by atoms with Crippen molar-refractivity contribution in [2.24, 2.45) is 0 Å². The number of rotatable bonds is 2. The highest BCUT2D eigenvalue weighted by atomic mass is 16.5. The van der Waals surface area contributed by atoms with E-state index >= 15 is 0 Å². The van der Waals surface area contributed by atoms with Gasteiger partial charge in [0.1, 0.15) is 5.82 Å². The predicted octanol–water partition coefficient (Wildman–Crippen LogP) is 1.40. The van der Waals surface area contributed by atoms with Gasteiger partial charge >= 0.3 is 0 Å². The highest BCUT2D eigenvalue weighted by molar-refractivity contribution is 5.99. The smallest absolute Gasteiger partial charge is 0.258 e. The van der Waals surface area contributed by atoms with Crippen molar-refractivity contribution in [1.29, 1.82) is 0 Å². The molecule has 1 aliphatic rings. The zero-order chi connectivity index (χ0) is 14.0. The Labute approximate surface area is 114 Å². The van der Waals surface area contributed by atoms with Crippen LogP contribution < -0.4 is 4.90 Å². The molecule has 2 unspecified atom stereocenters. The lowest BCUT2D eigenvalue weighted by atomic mass is 10.1. The van der Waals surface area contributed by atoms with Crippen LogP contribution in [-0.2, 0) is 4.74 Å². The molecule has 5 nitrogen and oxygen atoms in total. The monoisotopic (exact) mass is 263 g/mol. The molecule has 1 saturated heterocycles. The van der Waals surface area contributed by atoms with E-state index in [0.717, 1.165) is 0 Å². The molecule has 104 valence electrons. The van der Waals surface area contributed by atoms with E-state index in [0.29, 0.717) is 24.6 Å². The molecule has 1 aromatic heterocycles. The number of carbonyl (C=O) groups excluding carboxylic acids is 1. The molecule has 1 amide bonds. The van der Waals surface area contributed by atoms with Crippen molar-refractivity contribution in [1.82, 2.24) is 9.88 Å².